The molecule has 0 bridgehead atoms. The molecule has 4 atom stereocenters. The Morgan fingerprint density at radius 1 is 1.21 bits per heavy atom. The van der Waals surface area contributed by atoms with Gasteiger partial charge >= 0.3 is 5.97 Å². The number of hydrogen-bond donors (Lipinski definition) is 1. The van der Waals surface area contributed by atoms with Crippen LogP contribution in [0.5, 0.6) is 5.75 Å². The van der Waals surface area contributed by atoms with Crippen LogP contribution in [-0.4, -0.2) is 23.8 Å². The van der Waals surface area contributed by atoms with Crippen LogP contribution in [0.1, 0.15) is 80.9 Å². The predicted molar refractivity (Wildman–Crippen MR) is 138 cm³/mol. The minimum Gasteiger partial charge on any atom is -0.480 e. The third-order valence-electron chi connectivity index (χ3n) is 6.84. The van der Waals surface area contributed by atoms with Gasteiger partial charge in [0.1, 0.15) is 5.75 Å². The van der Waals surface area contributed by atoms with Crippen molar-refractivity contribution in [2.24, 2.45) is 5.92 Å². The van der Waals surface area contributed by atoms with Crippen LogP contribution < -0.4 is 4.74 Å². The molecule has 34 heavy (non-hydrogen) atoms. The molecule has 1 saturated heterocycles. The van der Waals surface area contributed by atoms with Crippen LogP contribution in [0.15, 0.2) is 42.5 Å². The summed E-state index contributed by atoms with van der Waals surface area (Å²) in [7, 11) is 0. The number of aryl methyl sites for hydroxylation is 2. The molecule has 0 unspecified atom stereocenters. The minimum atomic E-state index is -1.05. The van der Waals surface area contributed by atoms with Gasteiger partial charge < -0.3 is 14.6 Å². The second-order valence-electron chi connectivity index (χ2n) is 10.7. The molecule has 2 aromatic carbocycles. The molecular formula is C29H37ClO4. The summed E-state index contributed by atoms with van der Waals surface area (Å²) in [5, 5.41) is 9.63. The maximum Gasteiger partial charge on any atom is 0.341 e. The smallest absolute Gasteiger partial charge is 0.341 e. The first-order valence-corrected chi connectivity index (χ1v) is 12.2. The summed E-state index contributed by atoms with van der Waals surface area (Å²) in [6.45, 7) is 18.6. The fourth-order valence-electron chi connectivity index (χ4n) is 4.93. The molecule has 1 heterocycles. The van der Waals surface area contributed by atoms with Crippen molar-refractivity contribution in [3.63, 3.8) is 0 Å². The van der Waals surface area contributed by atoms with Gasteiger partial charge in [0.2, 0.25) is 0 Å². The third kappa shape index (κ3) is 5.67. The van der Waals surface area contributed by atoms with Crippen molar-refractivity contribution in [3.05, 3.63) is 75.3 Å². The highest BCUT2D eigenvalue weighted by Gasteiger charge is 2.40. The van der Waals surface area contributed by atoms with Gasteiger partial charge in [-0.15, -0.1) is 0 Å². The molecule has 1 N–H and O–H groups in total. The van der Waals surface area contributed by atoms with Gasteiger partial charge in [0.15, 0.2) is 6.61 Å². The molecule has 0 radical (unpaired) electrons. The van der Waals surface area contributed by atoms with Gasteiger partial charge in [0, 0.05) is 17.4 Å². The van der Waals surface area contributed by atoms with Crippen molar-refractivity contribution in [3.8, 4) is 5.75 Å². The zero-order valence-corrected chi connectivity index (χ0v) is 22.1. The van der Waals surface area contributed by atoms with Crippen molar-refractivity contribution in [1.29, 1.82) is 0 Å². The highest BCUT2D eigenvalue weighted by molar-refractivity contribution is 6.32. The lowest BCUT2D eigenvalue weighted by molar-refractivity contribution is -0.139. The number of benzene rings is 2. The summed E-state index contributed by atoms with van der Waals surface area (Å²) < 4.78 is 12.4. The normalized spacial score (nSPS) is 22.9. The van der Waals surface area contributed by atoms with Crippen LogP contribution in [-0.2, 0) is 14.9 Å². The average molecular weight is 485 g/mol. The molecule has 0 aromatic heterocycles. The summed E-state index contributed by atoms with van der Waals surface area (Å²) in [6.07, 6.45) is 0.491. The monoisotopic (exact) mass is 484 g/mol. The Kier molecular flexibility index (Phi) is 7.84. The van der Waals surface area contributed by atoms with Crippen LogP contribution in [0.3, 0.4) is 0 Å². The van der Waals surface area contributed by atoms with Crippen molar-refractivity contribution in [1.82, 2.24) is 0 Å². The van der Waals surface area contributed by atoms with Gasteiger partial charge in [-0.2, -0.15) is 0 Å². The summed E-state index contributed by atoms with van der Waals surface area (Å²) in [4.78, 5) is 11.3. The number of aliphatic carboxylic acids is 1. The molecular weight excluding hydrogens is 448 g/mol. The van der Waals surface area contributed by atoms with Crippen molar-refractivity contribution in [2.75, 3.05) is 6.61 Å². The van der Waals surface area contributed by atoms with Gasteiger partial charge in [0.25, 0.3) is 0 Å². The van der Waals surface area contributed by atoms with Crippen molar-refractivity contribution >= 4 is 17.6 Å². The van der Waals surface area contributed by atoms with E-state index in [2.05, 4.69) is 72.4 Å². The van der Waals surface area contributed by atoms with E-state index >= 15 is 0 Å². The Balaban J connectivity index is 2.09. The summed E-state index contributed by atoms with van der Waals surface area (Å²) in [5.41, 5.74) is 6.52. The highest BCUT2D eigenvalue weighted by Crippen LogP contribution is 2.50. The van der Waals surface area contributed by atoms with Crippen LogP contribution >= 0.6 is 11.6 Å². The molecule has 0 amide bonds. The lowest BCUT2D eigenvalue weighted by Gasteiger charge is -2.42. The summed E-state index contributed by atoms with van der Waals surface area (Å²) >= 11 is 6.67. The maximum absolute atomic E-state index is 11.3. The number of hydrogen-bond acceptors (Lipinski definition) is 3. The average Bonchev–Trinajstić information content (AvgIpc) is 2.71. The Labute approximate surface area is 208 Å². The molecule has 0 spiro atoms. The van der Waals surface area contributed by atoms with E-state index in [1.54, 1.807) is 0 Å². The van der Waals surface area contributed by atoms with E-state index in [4.69, 9.17) is 21.1 Å². The zero-order valence-electron chi connectivity index (χ0n) is 21.4. The summed E-state index contributed by atoms with van der Waals surface area (Å²) in [6, 6.07) is 10.5. The molecule has 4 nitrogen and oxygen atoms in total. The second-order valence-corrected chi connectivity index (χ2v) is 11.1. The number of ether oxygens (including phenoxy) is 2. The molecule has 1 aliphatic rings. The van der Waals surface area contributed by atoms with E-state index in [1.807, 2.05) is 13.0 Å². The fraction of sp³-hybridized carbons (Fsp3) is 0.483. The van der Waals surface area contributed by atoms with Gasteiger partial charge in [-0.3, -0.25) is 0 Å². The third-order valence-corrected chi connectivity index (χ3v) is 7.12. The van der Waals surface area contributed by atoms with Gasteiger partial charge in [-0.25, -0.2) is 4.79 Å². The van der Waals surface area contributed by atoms with Gasteiger partial charge in [0.05, 0.1) is 17.2 Å². The van der Waals surface area contributed by atoms with Crippen LogP contribution in [0.25, 0.3) is 0 Å². The topological polar surface area (TPSA) is 55.8 Å². The van der Waals surface area contributed by atoms with Crippen LogP contribution in [0.2, 0.25) is 5.02 Å². The quantitative estimate of drug-likeness (QED) is 0.430. The SMILES string of the molecule is C=C(C)[C@H]1C[C@H](c2ccc(C)cc2C)[C@H](C)O[C@@H]1c1cc(C(C)(C)C)cc(Cl)c1OCC(=O)O. The lowest BCUT2D eigenvalue weighted by Crippen LogP contribution is -2.35. The standard InChI is InChI=1S/C29H37ClO4/c1-16(2)22-14-23(21-10-9-17(3)11-18(21)4)19(5)34-27(22)24-12-20(29(6,7)8)13-25(30)28(24)33-15-26(31)32/h9-13,19,22-23,27H,1,14-15H2,2-8H3,(H,31,32)/t19-,22+,23-,27-/m0/s1. The van der Waals surface area contributed by atoms with Gasteiger partial charge in [-0.1, -0.05) is 68.3 Å². The highest BCUT2D eigenvalue weighted by atomic mass is 35.5. The molecule has 2 aromatic rings. The van der Waals surface area contributed by atoms with Crippen molar-refractivity contribution < 1.29 is 19.4 Å². The second kappa shape index (κ2) is 10.1. The fourth-order valence-corrected chi connectivity index (χ4v) is 5.21. The Morgan fingerprint density at radius 3 is 2.44 bits per heavy atom. The lowest BCUT2D eigenvalue weighted by atomic mass is 9.74. The zero-order chi connectivity index (χ0) is 25.4. The number of carboxylic acids is 1. The molecule has 0 aliphatic carbocycles. The number of rotatable bonds is 6. The predicted octanol–water partition coefficient (Wildman–Crippen LogP) is 7.54. The molecule has 1 aliphatic heterocycles. The minimum absolute atomic E-state index is 0.0281. The number of carbonyl (C=O) groups is 1. The van der Waals surface area contributed by atoms with Gasteiger partial charge in [-0.05, 0) is 68.4 Å². The molecule has 184 valence electrons. The Morgan fingerprint density at radius 2 is 1.88 bits per heavy atom. The summed E-state index contributed by atoms with van der Waals surface area (Å²) in [5.74, 6) is -0.416. The van der Waals surface area contributed by atoms with Crippen LogP contribution in [0.4, 0.5) is 0 Å². The largest absolute Gasteiger partial charge is 0.480 e. The maximum atomic E-state index is 11.3. The van der Waals surface area contributed by atoms with Crippen molar-refractivity contribution in [2.45, 2.75) is 78.4 Å². The first kappa shape index (κ1) is 26.3. The van der Waals surface area contributed by atoms with E-state index in [0.717, 1.165) is 23.1 Å². The van der Waals surface area contributed by atoms with Crippen LogP contribution in [0, 0.1) is 19.8 Å². The first-order valence-electron chi connectivity index (χ1n) is 11.9. The van der Waals surface area contributed by atoms with E-state index in [9.17, 15) is 9.90 Å². The number of carboxylic acid groups (broad SMARTS) is 1. The molecule has 1 fully saturated rings. The first-order chi connectivity index (χ1) is 15.8. The van der Waals surface area contributed by atoms with E-state index < -0.39 is 12.6 Å². The Bertz CT molecular complexity index is 1080. The molecule has 3 rings (SSSR count). The number of halogens is 1. The molecule has 0 saturated carbocycles. The van der Waals surface area contributed by atoms with E-state index in [0.29, 0.717) is 10.8 Å². The molecule has 5 heteroatoms. The van der Waals surface area contributed by atoms with E-state index in [1.165, 1.54) is 16.7 Å². The Hall–Kier alpha value is -2.30. The van der Waals surface area contributed by atoms with E-state index in [-0.39, 0.29) is 29.5 Å².